The fourth-order valence-corrected chi connectivity index (χ4v) is 0.922. The first kappa shape index (κ1) is 12.2. The number of esters is 1. The van der Waals surface area contributed by atoms with Crippen LogP contribution in [0.4, 0.5) is 0 Å². The number of carbonyl (C=O) groups is 2. The van der Waals surface area contributed by atoms with Gasteiger partial charge in [-0.15, -0.1) is 0 Å². The molecule has 7 nitrogen and oxygen atoms in total. The van der Waals surface area contributed by atoms with Crippen LogP contribution in [0.2, 0.25) is 0 Å². The zero-order valence-corrected chi connectivity index (χ0v) is 8.86. The standard InChI is InChI=1S/C9H13N3O4/c1-15-5-4-10-8(13)6-16-9(14)7-2-3-11-12-7/h2-3H,4-6H2,1H3,(H,10,13)(H,11,12). The van der Waals surface area contributed by atoms with E-state index in [4.69, 9.17) is 9.47 Å². The second-order valence-electron chi connectivity index (χ2n) is 2.89. The smallest absolute Gasteiger partial charge is 0.356 e. The van der Waals surface area contributed by atoms with Gasteiger partial charge in [0.15, 0.2) is 6.61 Å². The molecule has 0 unspecified atom stereocenters. The average Bonchev–Trinajstić information content (AvgIpc) is 2.79. The number of hydrogen-bond acceptors (Lipinski definition) is 5. The van der Waals surface area contributed by atoms with Gasteiger partial charge in [0.2, 0.25) is 0 Å². The number of hydrogen-bond donors (Lipinski definition) is 2. The number of ether oxygens (including phenoxy) is 2. The van der Waals surface area contributed by atoms with E-state index in [9.17, 15) is 9.59 Å². The van der Waals surface area contributed by atoms with Crippen molar-refractivity contribution in [2.75, 3.05) is 26.9 Å². The number of rotatable bonds is 6. The summed E-state index contributed by atoms with van der Waals surface area (Å²) in [6.45, 7) is 0.485. The number of aromatic nitrogens is 2. The van der Waals surface area contributed by atoms with E-state index in [1.807, 2.05) is 0 Å². The van der Waals surface area contributed by atoms with Crippen LogP contribution in [0.1, 0.15) is 10.5 Å². The van der Waals surface area contributed by atoms with Crippen LogP contribution in [0.15, 0.2) is 12.3 Å². The van der Waals surface area contributed by atoms with E-state index in [-0.39, 0.29) is 18.2 Å². The molecule has 7 heteroatoms. The number of carbonyl (C=O) groups excluding carboxylic acids is 2. The van der Waals surface area contributed by atoms with Crippen LogP contribution in [0, 0.1) is 0 Å². The Hall–Kier alpha value is -1.89. The molecular formula is C9H13N3O4. The molecule has 0 aliphatic heterocycles. The van der Waals surface area contributed by atoms with Crippen molar-refractivity contribution in [3.05, 3.63) is 18.0 Å². The molecule has 0 saturated carbocycles. The predicted octanol–water partition coefficient (Wildman–Crippen LogP) is -0.671. The molecule has 0 saturated heterocycles. The molecule has 1 aromatic rings. The van der Waals surface area contributed by atoms with Gasteiger partial charge in [0, 0.05) is 19.9 Å². The van der Waals surface area contributed by atoms with Gasteiger partial charge in [0.05, 0.1) is 6.61 Å². The lowest BCUT2D eigenvalue weighted by atomic mass is 10.4. The van der Waals surface area contributed by atoms with E-state index in [2.05, 4.69) is 15.5 Å². The van der Waals surface area contributed by atoms with Crippen LogP contribution < -0.4 is 5.32 Å². The molecule has 16 heavy (non-hydrogen) atoms. The Morgan fingerprint density at radius 2 is 2.38 bits per heavy atom. The monoisotopic (exact) mass is 227 g/mol. The van der Waals surface area contributed by atoms with Crippen molar-refractivity contribution in [1.29, 1.82) is 0 Å². The van der Waals surface area contributed by atoms with Crippen LogP contribution >= 0.6 is 0 Å². The molecule has 0 fully saturated rings. The Balaban J connectivity index is 2.19. The van der Waals surface area contributed by atoms with Gasteiger partial charge in [0.25, 0.3) is 5.91 Å². The summed E-state index contributed by atoms with van der Waals surface area (Å²) in [5.41, 5.74) is 0.213. The fraction of sp³-hybridized carbons (Fsp3) is 0.444. The van der Waals surface area contributed by atoms with Crippen molar-refractivity contribution in [2.24, 2.45) is 0 Å². The largest absolute Gasteiger partial charge is 0.451 e. The van der Waals surface area contributed by atoms with Gasteiger partial charge in [-0.05, 0) is 6.07 Å². The van der Waals surface area contributed by atoms with Gasteiger partial charge in [-0.3, -0.25) is 9.89 Å². The Morgan fingerprint density at radius 1 is 1.56 bits per heavy atom. The molecule has 88 valence electrons. The van der Waals surface area contributed by atoms with Crippen LogP contribution in [0.5, 0.6) is 0 Å². The van der Waals surface area contributed by atoms with Crippen molar-refractivity contribution >= 4 is 11.9 Å². The maximum atomic E-state index is 11.2. The molecular weight excluding hydrogens is 214 g/mol. The van der Waals surface area contributed by atoms with E-state index >= 15 is 0 Å². The minimum absolute atomic E-state index is 0.213. The molecule has 0 aliphatic carbocycles. The quantitative estimate of drug-likeness (QED) is 0.496. The summed E-state index contributed by atoms with van der Waals surface area (Å²) < 4.78 is 9.46. The first-order chi connectivity index (χ1) is 7.74. The summed E-state index contributed by atoms with van der Waals surface area (Å²) in [4.78, 5) is 22.4. The minimum Gasteiger partial charge on any atom is -0.451 e. The number of aromatic amines is 1. The number of nitrogens with one attached hydrogen (secondary N) is 2. The van der Waals surface area contributed by atoms with Crippen molar-refractivity contribution in [1.82, 2.24) is 15.5 Å². The summed E-state index contributed by atoms with van der Waals surface area (Å²) in [7, 11) is 1.53. The van der Waals surface area contributed by atoms with Gasteiger partial charge >= 0.3 is 5.97 Å². The molecule has 1 rings (SSSR count). The highest BCUT2D eigenvalue weighted by Gasteiger charge is 2.10. The molecule has 0 aromatic carbocycles. The lowest BCUT2D eigenvalue weighted by Crippen LogP contribution is -2.31. The van der Waals surface area contributed by atoms with Crippen molar-refractivity contribution in [2.45, 2.75) is 0 Å². The van der Waals surface area contributed by atoms with Crippen molar-refractivity contribution in [3.63, 3.8) is 0 Å². The van der Waals surface area contributed by atoms with Crippen LogP contribution in [-0.2, 0) is 14.3 Å². The van der Waals surface area contributed by atoms with Gasteiger partial charge in [-0.25, -0.2) is 4.79 Å². The van der Waals surface area contributed by atoms with E-state index < -0.39 is 5.97 Å². The summed E-state index contributed by atoms with van der Waals surface area (Å²) in [6, 6.07) is 1.46. The minimum atomic E-state index is -0.612. The molecule has 2 N–H and O–H groups in total. The zero-order valence-electron chi connectivity index (χ0n) is 8.86. The van der Waals surface area contributed by atoms with Gasteiger partial charge < -0.3 is 14.8 Å². The number of methoxy groups -OCH3 is 1. The molecule has 0 atom stereocenters. The highest BCUT2D eigenvalue weighted by atomic mass is 16.5. The third kappa shape index (κ3) is 4.09. The highest BCUT2D eigenvalue weighted by Crippen LogP contribution is 1.94. The second-order valence-corrected chi connectivity index (χ2v) is 2.89. The Bertz CT molecular complexity index is 337. The van der Waals surface area contributed by atoms with E-state index in [0.29, 0.717) is 13.2 Å². The number of nitrogens with zero attached hydrogens (tertiary/aromatic N) is 1. The molecule has 0 spiro atoms. The van der Waals surface area contributed by atoms with Crippen molar-refractivity contribution < 1.29 is 19.1 Å². The first-order valence-electron chi connectivity index (χ1n) is 4.66. The van der Waals surface area contributed by atoms with E-state index in [1.165, 1.54) is 19.4 Å². The zero-order chi connectivity index (χ0) is 11.8. The maximum Gasteiger partial charge on any atom is 0.356 e. The molecule has 1 aromatic heterocycles. The van der Waals surface area contributed by atoms with E-state index in [0.717, 1.165) is 0 Å². The summed E-state index contributed by atoms with van der Waals surface area (Å²) in [5.74, 6) is -0.982. The van der Waals surface area contributed by atoms with Crippen LogP contribution in [0.3, 0.4) is 0 Å². The Kier molecular flexibility index (Phi) is 5.00. The van der Waals surface area contributed by atoms with Gasteiger partial charge in [0.1, 0.15) is 5.69 Å². The lowest BCUT2D eigenvalue weighted by Gasteiger charge is -2.04. The predicted molar refractivity (Wildman–Crippen MR) is 53.8 cm³/mol. The number of amides is 1. The van der Waals surface area contributed by atoms with Crippen molar-refractivity contribution in [3.8, 4) is 0 Å². The maximum absolute atomic E-state index is 11.2. The molecule has 0 radical (unpaired) electrons. The summed E-state index contributed by atoms with van der Waals surface area (Å²) in [5, 5.41) is 8.54. The van der Waals surface area contributed by atoms with E-state index in [1.54, 1.807) is 0 Å². The second kappa shape index (κ2) is 6.57. The topological polar surface area (TPSA) is 93.3 Å². The van der Waals surface area contributed by atoms with Gasteiger partial charge in [-0.2, -0.15) is 5.10 Å². The third-order valence-electron chi connectivity index (χ3n) is 1.68. The third-order valence-corrected chi connectivity index (χ3v) is 1.68. The first-order valence-corrected chi connectivity index (χ1v) is 4.66. The number of H-pyrrole nitrogens is 1. The Morgan fingerprint density at radius 3 is 3.00 bits per heavy atom. The summed E-state index contributed by atoms with van der Waals surface area (Å²) in [6.07, 6.45) is 1.43. The Labute approximate surface area is 92.1 Å². The fourth-order valence-electron chi connectivity index (χ4n) is 0.922. The average molecular weight is 227 g/mol. The SMILES string of the molecule is COCCNC(=O)COC(=O)c1ccn[nH]1. The van der Waals surface area contributed by atoms with Crippen LogP contribution in [0.25, 0.3) is 0 Å². The normalized spacial score (nSPS) is 9.81. The lowest BCUT2D eigenvalue weighted by molar-refractivity contribution is -0.124. The molecule has 0 bridgehead atoms. The summed E-state index contributed by atoms with van der Waals surface area (Å²) >= 11 is 0. The highest BCUT2D eigenvalue weighted by molar-refractivity contribution is 5.89. The molecule has 1 heterocycles. The van der Waals surface area contributed by atoms with Crippen LogP contribution in [-0.4, -0.2) is 48.9 Å². The molecule has 0 aliphatic rings. The van der Waals surface area contributed by atoms with Gasteiger partial charge in [-0.1, -0.05) is 0 Å². The molecule has 1 amide bonds.